The number of hydrogen-bond donors (Lipinski definition) is 1. The zero-order valence-corrected chi connectivity index (χ0v) is 13.8. The lowest BCUT2D eigenvalue weighted by atomic mass is 10.0. The summed E-state index contributed by atoms with van der Waals surface area (Å²) in [5.74, 6) is -0.397. The molecule has 1 aromatic heterocycles. The van der Waals surface area contributed by atoms with E-state index in [0.717, 1.165) is 8.66 Å². The van der Waals surface area contributed by atoms with E-state index >= 15 is 0 Å². The number of thiophene rings is 1. The van der Waals surface area contributed by atoms with E-state index in [1.54, 1.807) is 20.9 Å². The first-order valence-corrected chi connectivity index (χ1v) is 7.74. The third-order valence-corrected chi connectivity index (χ3v) is 4.82. The Kier molecular flexibility index (Phi) is 4.49. The number of esters is 1. The third-order valence-electron chi connectivity index (χ3n) is 3.13. The summed E-state index contributed by atoms with van der Waals surface area (Å²) in [4.78, 5) is 26.4. The molecule has 0 unspecified atom stereocenters. The lowest BCUT2D eigenvalue weighted by Gasteiger charge is -2.32. The fourth-order valence-corrected chi connectivity index (χ4v) is 3.49. The highest BCUT2D eigenvalue weighted by Gasteiger charge is 2.35. The first-order chi connectivity index (χ1) is 9.45. The van der Waals surface area contributed by atoms with Crippen LogP contribution in [0.2, 0.25) is 0 Å². The van der Waals surface area contributed by atoms with Crippen LogP contribution in [0.1, 0.15) is 24.8 Å². The van der Waals surface area contributed by atoms with E-state index in [4.69, 9.17) is 4.74 Å². The number of ether oxygens (including phenoxy) is 1. The summed E-state index contributed by atoms with van der Waals surface area (Å²) in [6, 6.07) is 3.08. The number of rotatable bonds is 3. The number of amides is 2. The molecular weight excluding hydrogens is 344 g/mol. The number of nitrogens with one attached hydrogen (secondary N) is 1. The van der Waals surface area contributed by atoms with E-state index in [2.05, 4.69) is 21.2 Å². The van der Waals surface area contributed by atoms with Crippen molar-refractivity contribution < 1.29 is 14.3 Å². The summed E-state index contributed by atoms with van der Waals surface area (Å²) in [7, 11) is 1.63. The second-order valence-corrected chi connectivity index (χ2v) is 6.80. The largest absolute Gasteiger partial charge is 0.463 e. The van der Waals surface area contributed by atoms with Crippen LogP contribution in [-0.4, -0.2) is 30.6 Å². The Morgan fingerprint density at radius 1 is 1.55 bits per heavy atom. The van der Waals surface area contributed by atoms with Gasteiger partial charge >= 0.3 is 12.0 Å². The zero-order valence-electron chi connectivity index (χ0n) is 11.4. The molecule has 1 aromatic rings. The maximum atomic E-state index is 12.2. The molecule has 7 heteroatoms. The van der Waals surface area contributed by atoms with Crippen LogP contribution in [0.5, 0.6) is 0 Å². The van der Waals surface area contributed by atoms with Crippen LogP contribution in [0.25, 0.3) is 0 Å². The van der Waals surface area contributed by atoms with Crippen molar-refractivity contribution in [3.8, 4) is 0 Å². The van der Waals surface area contributed by atoms with Crippen LogP contribution in [-0.2, 0) is 9.53 Å². The minimum atomic E-state index is -0.464. The van der Waals surface area contributed by atoms with Crippen LogP contribution < -0.4 is 5.32 Å². The quantitative estimate of drug-likeness (QED) is 0.844. The monoisotopic (exact) mass is 358 g/mol. The van der Waals surface area contributed by atoms with Gasteiger partial charge in [0.25, 0.3) is 0 Å². The molecule has 1 atom stereocenters. The van der Waals surface area contributed by atoms with E-state index < -0.39 is 12.0 Å². The number of carbonyl (C=O) groups is 2. The number of carbonyl (C=O) groups excluding carboxylic acids is 2. The molecule has 2 amide bonds. The van der Waals surface area contributed by atoms with Gasteiger partial charge in [0, 0.05) is 17.6 Å². The van der Waals surface area contributed by atoms with E-state index in [0.29, 0.717) is 17.9 Å². The summed E-state index contributed by atoms with van der Waals surface area (Å²) >= 11 is 4.87. The molecule has 2 rings (SSSR count). The number of nitrogens with zero attached hydrogens (tertiary/aromatic N) is 1. The van der Waals surface area contributed by atoms with Crippen molar-refractivity contribution in [1.29, 1.82) is 0 Å². The number of allylic oxidation sites excluding steroid dienone is 1. The summed E-state index contributed by atoms with van der Waals surface area (Å²) in [6.45, 7) is 3.81. The maximum absolute atomic E-state index is 12.2. The van der Waals surface area contributed by atoms with Gasteiger partial charge in [0.1, 0.15) is 0 Å². The Morgan fingerprint density at radius 3 is 2.80 bits per heavy atom. The van der Waals surface area contributed by atoms with Crippen LogP contribution >= 0.6 is 27.3 Å². The molecule has 0 bridgehead atoms. The van der Waals surface area contributed by atoms with Gasteiger partial charge in [-0.05, 0) is 41.9 Å². The minimum Gasteiger partial charge on any atom is -0.463 e. The molecule has 0 aromatic carbocycles. The molecule has 0 aliphatic carbocycles. The summed E-state index contributed by atoms with van der Waals surface area (Å²) in [5.41, 5.74) is 1.09. The SMILES string of the molecule is CCOC(=O)C1=C(C)N(C)C(=O)N[C@@H]1c1ccc(Br)s1. The number of urea groups is 1. The molecule has 2 heterocycles. The fourth-order valence-electron chi connectivity index (χ4n) is 2.01. The van der Waals surface area contributed by atoms with Gasteiger partial charge in [0.05, 0.1) is 22.0 Å². The maximum Gasteiger partial charge on any atom is 0.338 e. The van der Waals surface area contributed by atoms with Crippen molar-refractivity contribution in [3.63, 3.8) is 0 Å². The van der Waals surface area contributed by atoms with Gasteiger partial charge in [0.2, 0.25) is 0 Å². The molecule has 0 spiro atoms. The molecule has 0 saturated carbocycles. The van der Waals surface area contributed by atoms with Gasteiger partial charge in [-0.3, -0.25) is 0 Å². The van der Waals surface area contributed by atoms with Gasteiger partial charge in [-0.25, -0.2) is 9.59 Å². The molecule has 5 nitrogen and oxygen atoms in total. The molecule has 1 N–H and O–H groups in total. The van der Waals surface area contributed by atoms with Crippen molar-refractivity contribution in [3.05, 3.63) is 32.1 Å². The smallest absolute Gasteiger partial charge is 0.338 e. The van der Waals surface area contributed by atoms with Crippen molar-refractivity contribution in [2.24, 2.45) is 0 Å². The molecule has 0 fully saturated rings. The average molecular weight is 359 g/mol. The molecule has 1 aliphatic rings. The molecule has 0 saturated heterocycles. The van der Waals surface area contributed by atoms with Crippen molar-refractivity contribution >= 4 is 39.3 Å². The molecular formula is C13H15BrN2O3S. The summed E-state index contributed by atoms with van der Waals surface area (Å²) in [5, 5.41) is 2.83. The number of halogens is 1. The van der Waals surface area contributed by atoms with Crippen LogP contribution in [0.15, 0.2) is 27.2 Å². The minimum absolute atomic E-state index is 0.231. The van der Waals surface area contributed by atoms with Crippen molar-refractivity contribution in [2.75, 3.05) is 13.7 Å². The standard InChI is InChI=1S/C13H15BrN2O3S/c1-4-19-12(17)10-7(2)16(3)13(18)15-11(10)8-5-6-9(14)20-8/h5-6,11H,4H2,1-3H3,(H,15,18)/t11-/m1/s1. The normalized spacial score (nSPS) is 19.1. The van der Waals surface area contributed by atoms with Gasteiger partial charge in [-0.1, -0.05) is 0 Å². The highest BCUT2D eigenvalue weighted by molar-refractivity contribution is 9.11. The second-order valence-electron chi connectivity index (χ2n) is 4.30. The van der Waals surface area contributed by atoms with E-state index in [-0.39, 0.29) is 6.03 Å². The zero-order chi connectivity index (χ0) is 14.9. The van der Waals surface area contributed by atoms with Gasteiger partial charge in [-0.15, -0.1) is 11.3 Å². The van der Waals surface area contributed by atoms with Crippen molar-refractivity contribution in [1.82, 2.24) is 10.2 Å². The predicted octanol–water partition coefficient (Wildman–Crippen LogP) is 3.04. The third kappa shape index (κ3) is 2.73. The first-order valence-electron chi connectivity index (χ1n) is 6.13. The molecule has 20 heavy (non-hydrogen) atoms. The lowest BCUT2D eigenvalue weighted by molar-refractivity contribution is -0.139. The van der Waals surface area contributed by atoms with Gasteiger partial charge in [0.15, 0.2) is 0 Å². The summed E-state index contributed by atoms with van der Waals surface area (Å²) in [6.07, 6.45) is 0. The Morgan fingerprint density at radius 2 is 2.25 bits per heavy atom. The lowest BCUT2D eigenvalue weighted by Crippen LogP contribution is -2.46. The predicted molar refractivity (Wildman–Crippen MR) is 80.4 cm³/mol. The van der Waals surface area contributed by atoms with E-state index in [9.17, 15) is 9.59 Å². The Bertz CT molecular complexity index is 582. The van der Waals surface area contributed by atoms with Crippen molar-refractivity contribution in [2.45, 2.75) is 19.9 Å². The molecule has 108 valence electrons. The fraction of sp³-hybridized carbons (Fsp3) is 0.385. The molecule has 0 radical (unpaired) electrons. The first kappa shape index (κ1) is 15.1. The topological polar surface area (TPSA) is 58.6 Å². The Balaban J connectivity index is 2.47. The van der Waals surface area contributed by atoms with Crippen LogP contribution in [0, 0.1) is 0 Å². The summed E-state index contributed by atoms with van der Waals surface area (Å²) < 4.78 is 6.06. The Labute approximate surface area is 129 Å². The van der Waals surface area contributed by atoms with Gasteiger partial charge in [-0.2, -0.15) is 0 Å². The van der Waals surface area contributed by atoms with E-state index in [1.807, 2.05) is 12.1 Å². The average Bonchev–Trinajstić information content (AvgIpc) is 2.82. The number of hydrogen-bond acceptors (Lipinski definition) is 4. The van der Waals surface area contributed by atoms with Crippen LogP contribution in [0.3, 0.4) is 0 Å². The Hall–Kier alpha value is -1.34. The van der Waals surface area contributed by atoms with Crippen LogP contribution in [0.4, 0.5) is 4.79 Å². The second kappa shape index (κ2) is 5.97. The van der Waals surface area contributed by atoms with Gasteiger partial charge < -0.3 is 15.0 Å². The highest BCUT2D eigenvalue weighted by atomic mass is 79.9. The van der Waals surface area contributed by atoms with E-state index in [1.165, 1.54) is 16.2 Å². The highest BCUT2D eigenvalue weighted by Crippen LogP contribution is 2.35. The molecule has 1 aliphatic heterocycles.